The highest BCUT2D eigenvalue weighted by Gasteiger charge is 2.17. The Kier molecular flexibility index (Phi) is 5.21. The molecule has 0 heterocycles. The van der Waals surface area contributed by atoms with Crippen molar-refractivity contribution in [3.63, 3.8) is 0 Å². The van der Waals surface area contributed by atoms with Gasteiger partial charge in [-0.05, 0) is 60.7 Å². The smallest absolute Gasteiger partial charge is 0.0718 e. The van der Waals surface area contributed by atoms with Gasteiger partial charge in [-0.2, -0.15) is 0 Å². The zero-order valence-electron chi connectivity index (χ0n) is 10.2. The van der Waals surface area contributed by atoms with Crippen molar-refractivity contribution >= 4 is 22.6 Å². The van der Waals surface area contributed by atoms with Crippen molar-refractivity contribution in [2.24, 2.45) is 0 Å². The van der Waals surface area contributed by atoms with Gasteiger partial charge in [0.25, 0.3) is 0 Å². The van der Waals surface area contributed by atoms with Crippen molar-refractivity contribution in [2.45, 2.75) is 32.9 Å². The molecule has 0 aromatic heterocycles. The monoisotopic (exact) mass is 333 g/mol. The fraction of sp³-hybridized carbons (Fsp3) is 0.538. The number of likely N-dealkylation sites (N-methyl/N-ethyl adjacent to an activating group) is 1. The Morgan fingerprint density at radius 3 is 2.25 bits per heavy atom. The van der Waals surface area contributed by atoms with Gasteiger partial charge in [-0.15, -0.1) is 0 Å². The summed E-state index contributed by atoms with van der Waals surface area (Å²) in [5.74, 6) is 0. The molecule has 0 radical (unpaired) electrons. The lowest BCUT2D eigenvalue weighted by atomic mass is 10.1. The molecule has 2 nitrogen and oxygen atoms in total. The minimum absolute atomic E-state index is 0.626. The Morgan fingerprint density at radius 1 is 1.25 bits per heavy atom. The molecule has 90 valence electrons. The van der Waals surface area contributed by atoms with Crippen LogP contribution in [0, 0.1) is 3.57 Å². The number of halogens is 1. The quantitative estimate of drug-likeness (QED) is 0.838. The van der Waals surface area contributed by atoms with Gasteiger partial charge < -0.3 is 5.11 Å². The van der Waals surface area contributed by atoms with Crippen LogP contribution in [0.2, 0.25) is 0 Å². The van der Waals surface area contributed by atoms with E-state index in [0.29, 0.717) is 6.54 Å². The van der Waals surface area contributed by atoms with Gasteiger partial charge in [0.1, 0.15) is 0 Å². The zero-order chi connectivity index (χ0) is 12.2. The van der Waals surface area contributed by atoms with E-state index in [2.05, 4.69) is 58.7 Å². The summed E-state index contributed by atoms with van der Waals surface area (Å²) in [6.45, 7) is 8.38. The highest BCUT2D eigenvalue weighted by Crippen LogP contribution is 2.11. The summed E-state index contributed by atoms with van der Waals surface area (Å²) in [5.41, 5.74) is 0.672. The minimum Gasteiger partial charge on any atom is -0.389 e. The van der Waals surface area contributed by atoms with Crippen LogP contribution in [-0.2, 0) is 6.54 Å². The van der Waals surface area contributed by atoms with Gasteiger partial charge in [0, 0.05) is 16.7 Å². The third-order valence-corrected chi connectivity index (χ3v) is 3.10. The molecule has 0 saturated heterocycles. The lowest BCUT2D eigenvalue weighted by Crippen LogP contribution is -2.38. The SMILES string of the molecule is CCN(Cc1ccc(I)cc1)CC(C)(C)O. The number of hydrogen-bond donors (Lipinski definition) is 1. The summed E-state index contributed by atoms with van der Waals surface area (Å²) >= 11 is 2.31. The van der Waals surface area contributed by atoms with Crippen molar-refractivity contribution < 1.29 is 5.11 Å². The number of rotatable bonds is 5. The van der Waals surface area contributed by atoms with Crippen molar-refractivity contribution in [1.29, 1.82) is 0 Å². The van der Waals surface area contributed by atoms with E-state index in [1.54, 1.807) is 0 Å². The first-order chi connectivity index (χ1) is 7.40. The Labute approximate surface area is 112 Å². The fourth-order valence-corrected chi connectivity index (χ4v) is 2.03. The van der Waals surface area contributed by atoms with E-state index in [1.165, 1.54) is 9.13 Å². The highest BCUT2D eigenvalue weighted by molar-refractivity contribution is 14.1. The molecule has 0 spiro atoms. The first-order valence-electron chi connectivity index (χ1n) is 5.60. The van der Waals surface area contributed by atoms with Crippen molar-refractivity contribution in [1.82, 2.24) is 4.90 Å². The van der Waals surface area contributed by atoms with Crippen LogP contribution in [0.25, 0.3) is 0 Å². The average molecular weight is 333 g/mol. The minimum atomic E-state index is -0.626. The van der Waals surface area contributed by atoms with Crippen LogP contribution in [0.15, 0.2) is 24.3 Å². The van der Waals surface area contributed by atoms with E-state index in [4.69, 9.17) is 0 Å². The molecule has 1 rings (SSSR count). The second-order valence-electron chi connectivity index (χ2n) is 4.74. The standard InChI is InChI=1S/C13H20INO/c1-4-15(10-13(2,3)16)9-11-5-7-12(14)8-6-11/h5-8,16H,4,9-10H2,1-3H3. The first kappa shape index (κ1) is 13.9. The molecule has 0 fully saturated rings. The summed E-state index contributed by atoms with van der Waals surface area (Å²) in [6, 6.07) is 8.53. The number of nitrogens with zero attached hydrogens (tertiary/aromatic N) is 1. The Hall–Kier alpha value is -0.130. The molecule has 0 bridgehead atoms. The van der Waals surface area contributed by atoms with E-state index < -0.39 is 5.60 Å². The molecule has 3 heteroatoms. The van der Waals surface area contributed by atoms with E-state index >= 15 is 0 Å². The maximum Gasteiger partial charge on any atom is 0.0718 e. The van der Waals surface area contributed by atoms with Gasteiger partial charge >= 0.3 is 0 Å². The van der Waals surface area contributed by atoms with Crippen LogP contribution in [0.5, 0.6) is 0 Å². The largest absolute Gasteiger partial charge is 0.389 e. The molecule has 16 heavy (non-hydrogen) atoms. The van der Waals surface area contributed by atoms with Crippen molar-refractivity contribution in [3.05, 3.63) is 33.4 Å². The molecule has 1 aromatic carbocycles. The molecule has 0 atom stereocenters. The Morgan fingerprint density at radius 2 is 1.81 bits per heavy atom. The summed E-state index contributed by atoms with van der Waals surface area (Å²) in [4.78, 5) is 2.25. The fourth-order valence-electron chi connectivity index (χ4n) is 1.67. The number of hydrogen-bond acceptors (Lipinski definition) is 2. The van der Waals surface area contributed by atoms with Crippen molar-refractivity contribution in [3.8, 4) is 0 Å². The molecule has 1 N–H and O–H groups in total. The summed E-state index contributed by atoms with van der Waals surface area (Å²) < 4.78 is 1.26. The lowest BCUT2D eigenvalue weighted by Gasteiger charge is -2.27. The molecule has 0 aliphatic heterocycles. The first-order valence-corrected chi connectivity index (χ1v) is 6.68. The third-order valence-electron chi connectivity index (χ3n) is 2.38. The zero-order valence-corrected chi connectivity index (χ0v) is 12.4. The maximum atomic E-state index is 9.80. The van der Waals surface area contributed by atoms with Gasteiger partial charge in [-0.1, -0.05) is 19.1 Å². The maximum absolute atomic E-state index is 9.80. The predicted molar refractivity (Wildman–Crippen MR) is 76.4 cm³/mol. The van der Waals surface area contributed by atoms with E-state index in [-0.39, 0.29) is 0 Å². The highest BCUT2D eigenvalue weighted by atomic mass is 127. The third kappa shape index (κ3) is 5.27. The molecule has 0 aliphatic carbocycles. The molecule has 0 amide bonds. The molecule has 0 unspecified atom stereocenters. The van der Waals surface area contributed by atoms with E-state index in [1.807, 2.05) is 13.8 Å². The van der Waals surface area contributed by atoms with Crippen LogP contribution in [0.1, 0.15) is 26.3 Å². The topological polar surface area (TPSA) is 23.5 Å². The molecular formula is C13H20INO. The average Bonchev–Trinajstić information content (AvgIpc) is 2.18. The molecular weight excluding hydrogens is 313 g/mol. The van der Waals surface area contributed by atoms with Crippen LogP contribution in [0.4, 0.5) is 0 Å². The second kappa shape index (κ2) is 5.98. The summed E-state index contributed by atoms with van der Waals surface area (Å²) in [7, 11) is 0. The van der Waals surface area contributed by atoms with Crippen LogP contribution >= 0.6 is 22.6 Å². The van der Waals surface area contributed by atoms with Gasteiger partial charge in [-0.3, -0.25) is 4.90 Å². The summed E-state index contributed by atoms with van der Waals surface area (Å²) in [6.07, 6.45) is 0. The van der Waals surface area contributed by atoms with Gasteiger partial charge in [0.05, 0.1) is 5.60 Å². The predicted octanol–water partition coefficient (Wildman–Crippen LogP) is 2.88. The van der Waals surface area contributed by atoms with E-state index in [9.17, 15) is 5.11 Å². The van der Waals surface area contributed by atoms with Crippen molar-refractivity contribution in [2.75, 3.05) is 13.1 Å². The Balaban J connectivity index is 2.60. The normalized spacial score (nSPS) is 12.1. The van der Waals surface area contributed by atoms with Gasteiger partial charge in [0.2, 0.25) is 0 Å². The molecule has 0 saturated carbocycles. The van der Waals surface area contributed by atoms with Crippen LogP contribution in [0.3, 0.4) is 0 Å². The summed E-state index contributed by atoms with van der Waals surface area (Å²) in [5, 5.41) is 9.80. The molecule has 0 aliphatic rings. The second-order valence-corrected chi connectivity index (χ2v) is 5.99. The number of benzene rings is 1. The lowest BCUT2D eigenvalue weighted by molar-refractivity contribution is 0.0353. The number of aliphatic hydroxyl groups is 1. The van der Waals surface area contributed by atoms with Crippen LogP contribution in [-0.4, -0.2) is 28.7 Å². The van der Waals surface area contributed by atoms with Crippen LogP contribution < -0.4 is 0 Å². The van der Waals surface area contributed by atoms with Gasteiger partial charge in [-0.25, -0.2) is 0 Å². The molecule has 1 aromatic rings. The Bertz CT molecular complexity index is 316. The van der Waals surface area contributed by atoms with Gasteiger partial charge in [0.15, 0.2) is 0 Å². The van der Waals surface area contributed by atoms with E-state index in [0.717, 1.165) is 13.1 Å².